The molecule has 134 valence electrons. The third-order valence-corrected chi connectivity index (χ3v) is 5.41. The number of halogens is 1. The van der Waals surface area contributed by atoms with E-state index in [0.29, 0.717) is 21.8 Å². The minimum atomic E-state index is -3.50. The molecule has 7 heteroatoms. The van der Waals surface area contributed by atoms with Gasteiger partial charge in [0.25, 0.3) is 5.91 Å². The summed E-state index contributed by atoms with van der Waals surface area (Å²) in [6.45, 7) is 4.02. The first-order valence-electron chi connectivity index (χ1n) is 7.78. The largest absolute Gasteiger partial charge is 0.350 e. The summed E-state index contributed by atoms with van der Waals surface area (Å²) in [5.41, 5.74) is 2.80. The Morgan fingerprint density at radius 1 is 1.12 bits per heavy atom. The summed E-state index contributed by atoms with van der Waals surface area (Å²) in [5.74, 6) is -0.240. The van der Waals surface area contributed by atoms with Gasteiger partial charge in [0, 0.05) is 17.1 Å². The molecule has 0 heterocycles. The molecule has 0 aliphatic heterocycles. The van der Waals surface area contributed by atoms with Gasteiger partial charge in [0.15, 0.2) is 0 Å². The van der Waals surface area contributed by atoms with Gasteiger partial charge in [-0.3, -0.25) is 9.10 Å². The molecule has 2 aromatic rings. The summed E-state index contributed by atoms with van der Waals surface area (Å²) in [6.07, 6.45) is 1.13. The molecule has 0 bridgehead atoms. The summed E-state index contributed by atoms with van der Waals surface area (Å²) >= 11 is 6.09. The Kier molecular flexibility index (Phi) is 6.08. The highest BCUT2D eigenvalue weighted by Crippen LogP contribution is 2.27. The van der Waals surface area contributed by atoms with Gasteiger partial charge in [-0.05, 0) is 43.7 Å². The van der Waals surface area contributed by atoms with E-state index in [4.69, 9.17) is 11.6 Å². The van der Waals surface area contributed by atoms with Gasteiger partial charge in [0.05, 0.1) is 18.5 Å². The number of rotatable bonds is 6. The predicted molar refractivity (Wildman–Crippen MR) is 102 cm³/mol. The van der Waals surface area contributed by atoms with Crippen molar-refractivity contribution in [3.63, 3.8) is 0 Å². The van der Waals surface area contributed by atoms with E-state index < -0.39 is 10.0 Å². The van der Waals surface area contributed by atoms with Crippen LogP contribution in [-0.2, 0) is 10.0 Å². The van der Waals surface area contributed by atoms with Crippen LogP contribution in [0.4, 0.5) is 5.69 Å². The minimum absolute atomic E-state index is 0.123. The van der Waals surface area contributed by atoms with E-state index in [2.05, 4.69) is 5.32 Å². The third-order valence-electron chi connectivity index (χ3n) is 3.82. The van der Waals surface area contributed by atoms with Gasteiger partial charge >= 0.3 is 0 Å². The molecule has 0 aliphatic rings. The molecule has 0 aliphatic carbocycles. The lowest BCUT2D eigenvalue weighted by molar-refractivity contribution is 0.0955. The van der Waals surface area contributed by atoms with Crippen molar-refractivity contribution in [2.24, 2.45) is 0 Å². The second-order valence-corrected chi connectivity index (χ2v) is 8.16. The molecule has 2 rings (SSSR count). The first-order valence-corrected chi connectivity index (χ1v) is 10.0. The van der Waals surface area contributed by atoms with Crippen LogP contribution in [0.25, 0.3) is 0 Å². The van der Waals surface area contributed by atoms with Crippen molar-refractivity contribution in [1.29, 1.82) is 0 Å². The Hall–Kier alpha value is -2.05. The average molecular weight is 381 g/mol. The van der Waals surface area contributed by atoms with Gasteiger partial charge in [-0.25, -0.2) is 8.42 Å². The molecule has 0 atom stereocenters. The number of hydrogen-bond donors (Lipinski definition) is 1. The summed E-state index contributed by atoms with van der Waals surface area (Å²) in [7, 11) is -3.50. The predicted octanol–water partition coefficient (Wildman–Crippen LogP) is 3.15. The number of benzene rings is 2. The molecule has 5 nitrogen and oxygen atoms in total. The monoisotopic (exact) mass is 380 g/mol. The second kappa shape index (κ2) is 7.89. The van der Waals surface area contributed by atoms with Crippen LogP contribution < -0.4 is 9.62 Å². The molecule has 0 saturated heterocycles. The van der Waals surface area contributed by atoms with E-state index in [-0.39, 0.29) is 19.0 Å². The number of nitrogens with one attached hydrogen (secondary N) is 1. The van der Waals surface area contributed by atoms with Crippen LogP contribution in [0.2, 0.25) is 5.02 Å². The Morgan fingerprint density at radius 2 is 1.76 bits per heavy atom. The van der Waals surface area contributed by atoms with Crippen LogP contribution >= 0.6 is 11.6 Å². The number of carbonyl (C=O) groups excluding carboxylic acids is 1. The van der Waals surface area contributed by atoms with Gasteiger partial charge in [-0.2, -0.15) is 0 Å². The fourth-order valence-electron chi connectivity index (χ4n) is 2.41. The maximum atomic E-state index is 12.1. The van der Waals surface area contributed by atoms with E-state index in [1.165, 1.54) is 4.31 Å². The second-order valence-electron chi connectivity index (χ2n) is 5.84. The maximum absolute atomic E-state index is 12.1. The highest BCUT2D eigenvalue weighted by atomic mass is 35.5. The smallest absolute Gasteiger partial charge is 0.251 e. The van der Waals surface area contributed by atoms with E-state index in [9.17, 15) is 13.2 Å². The molecule has 0 fully saturated rings. The fraction of sp³-hybridized carbons (Fsp3) is 0.278. The van der Waals surface area contributed by atoms with Crippen LogP contribution in [0.15, 0.2) is 42.5 Å². The fourth-order valence-corrected chi connectivity index (χ4v) is 3.56. The molecule has 2 aromatic carbocycles. The molecule has 1 amide bonds. The Bertz CT molecular complexity index is 864. The summed E-state index contributed by atoms with van der Waals surface area (Å²) in [5, 5.41) is 3.24. The summed E-state index contributed by atoms with van der Waals surface area (Å²) < 4.78 is 25.6. The van der Waals surface area contributed by atoms with Crippen LogP contribution in [-0.4, -0.2) is 33.7 Å². The first kappa shape index (κ1) is 19.3. The Labute approximate surface area is 153 Å². The molecular formula is C18H21ClN2O3S. The number of anilines is 1. The lowest BCUT2D eigenvalue weighted by Crippen LogP contribution is -2.38. The Balaban J connectivity index is 2.10. The van der Waals surface area contributed by atoms with Crippen molar-refractivity contribution >= 4 is 33.2 Å². The topological polar surface area (TPSA) is 66.5 Å². The van der Waals surface area contributed by atoms with Gasteiger partial charge in [0.2, 0.25) is 10.0 Å². The van der Waals surface area contributed by atoms with Crippen LogP contribution in [0.3, 0.4) is 0 Å². The van der Waals surface area contributed by atoms with Crippen molar-refractivity contribution in [3.8, 4) is 0 Å². The van der Waals surface area contributed by atoms with Crippen LogP contribution in [0.1, 0.15) is 21.5 Å². The van der Waals surface area contributed by atoms with Crippen molar-refractivity contribution in [1.82, 2.24) is 5.32 Å². The number of carbonyl (C=O) groups is 1. The third kappa shape index (κ3) is 4.96. The van der Waals surface area contributed by atoms with E-state index in [1.807, 2.05) is 19.1 Å². The zero-order valence-electron chi connectivity index (χ0n) is 14.4. The van der Waals surface area contributed by atoms with E-state index >= 15 is 0 Å². The van der Waals surface area contributed by atoms with Crippen molar-refractivity contribution < 1.29 is 13.2 Å². The summed E-state index contributed by atoms with van der Waals surface area (Å²) in [4.78, 5) is 12.1. The minimum Gasteiger partial charge on any atom is -0.350 e. The average Bonchev–Trinajstić information content (AvgIpc) is 2.54. The first-order chi connectivity index (χ1) is 11.7. The van der Waals surface area contributed by atoms with Crippen molar-refractivity contribution in [2.75, 3.05) is 23.7 Å². The zero-order chi connectivity index (χ0) is 18.6. The number of sulfonamides is 1. The number of amides is 1. The molecule has 0 saturated carbocycles. The maximum Gasteiger partial charge on any atom is 0.251 e. The van der Waals surface area contributed by atoms with Gasteiger partial charge in [0.1, 0.15) is 0 Å². The summed E-state index contributed by atoms with van der Waals surface area (Å²) in [6, 6.07) is 12.3. The van der Waals surface area contributed by atoms with Crippen molar-refractivity contribution in [2.45, 2.75) is 13.8 Å². The molecule has 0 spiro atoms. The number of nitrogens with zero attached hydrogens (tertiary/aromatic N) is 1. The number of aryl methyl sites for hydroxylation is 1. The molecule has 0 radical (unpaired) electrons. The molecular weight excluding hydrogens is 360 g/mol. The van der Waals surface area contributed by atoms with Gasteiger partial charge < -0.3 is 5.32 Å². The van der Waals surface area contributed by atoms with Crippen LogP contribution in [0.5, 0.6) is 0 Å². The normalized spacial score (nSPS) is 11.2. The standard InChI is InChI=1S/C18H21ClN2O3S/c1-13-7-9-15(10-8-13)18(22)20-11-12-21(25(3,23)24)17-6-4-5-16(19)14(17)2/h4-10H,11-12H2,1-3H3,(H,20,22). The lowest BCUT2D eigenvalue weighted by atomic mass is 10.1. The molecule has 1 N–H and O–H groups in total. The molecule has 25 heavy (non-hydrogen) atoms. The van der Waals surface area contributed by atoms with Crippen molar-refractivity contribution in [3.05, 3.63) is 64.2 Å². The number of hydrogen-bond acceptors (Lipinski definition) is 3. The lowest BCUT2D eigenvalue weighted by Gasteiger charge is -2.24. The van der Waals surface area contributed by atoms with E-state index in [0.717, 1.165) is 11.8 Å². The van der Waals surface area contributed by atoms with Gasteiger partial charge in [-0.15, -0.1) is 0 Å². The highest BCUT2D eigenvalue weighted by Gasteiger charge is 2.20. The van der Waals surface area contributed by atoms with Gasteiger partial charge in [-0.1, -0.05) is 35.4 Å². The highest BCUT2D eigenvalue weighted by molar-refractivity contribution is 7.92. The molecule has 0 aromatic heterocycles. The quantitative estimate of drug-likeness (QED) is 0.837. The zero-order valence-corrected chi connectivity index (χ0v) is 16.0. The van der Waals surface area contributed by atoms with E-state index in [1.54, 1.807) is 37.3 Å². The Morgan fingerprint density at radius 3 is 2.36 bits per heavy atom. The SMILES string of the molecule is Cc1ccc(C(=O)NCCN(c2cccc(Cl)c2C)S(C)(=O)=O)cc1. The molecule has 0 unspecified atom stereocenters. The van der Waals surface area contributed by atoms with Crippen LogP contribution in [0, 0.1) is 13.8 Å².